The van der Waals surface area contributed by atoms with Crippen LogP contribution in [0.4, 0.5) is 0 Å². The fraction of sp³-hybridized carbons (Fsp3) is 0.364. The van der Waals surface area contributed by atoms with E-state index in [4.69, 9.17) is 6.42 Å². The van der Waals surface area contributed by atoms with E-state index in [-0.39, 0.29) is 5.41 Å². The molecule has 1 fully saturated rings. The minimum atomic E-state index is 0.0400. The van der Waals surface area contributed by atoms with Gasteiger partial charge in [-0.2, -0.15) is 0 Å². The molecule has 1 nitrogen and oxygen atoms in total. The van der Waals surface area contributed by atoms with E-state index in [1.807, 2.05) is 19.2 Å². The molecule has 1 aliphatic carbocycles. The molecule has 1 heteroatoms. The minimum absolute atomic E-state index is 0.0400. The molecule has 0 unspecified atom stereocenters. The number of aryl methyl sites for hydroxylation is 1. The highest BCUT2D eigenvalue weighted by molar-refractivity contribution is 5.42. The standard InChI is InChI=1S/C11H11N/c1-3-11(6-7-11)10-5-4-8-12-9(10)2/h1,4-5,8H,6-7H2,2H3. The van der Waals surface area contributed by atoms with E-state index in [9.17, 15) is 0 Å². The summed E-state index contributed by atoms with van der Waals surface area (Å²) < 4.78 is 0. The number of nitrogens with zero attached hydrogens (tertiary/aromatic N) is 1. The van der Waals surface area contributed by atoms with Crippen molar-refractivity contribution in [3.63, 3.8) is 0 Å². The van der Waals surface area contributed by atoms with Gasteiger partial charge in [-0.05, 0) is 31.4 Å². The van der Waals surface area contributed by atoms with Crippen molar-refractivity contribution in [1.29, 1.82) is 0 Å². The van der Waals surface area contributed by atoms with Crippen LogP contribution in [0.2, 0.25) is 0 Å². The monoisotopic (exact) mass is 157 g/mol. The summed E-state index contributed by atoms with van der Waals surface area (Å²) in [6.07, 6.45) is 9.54. The second-order valence-corrected chi connectivity index (χ2v) is 3.36. The molecular weight excluding hydrogens is 146 g/mol. The summed E-state index contributed by atoms with van der Waals surface area (Å²) in [5.74, 6) is 2.87. The van der Waals surface area contributed by atoms with Crippen LogP contribution in [-0.4, -0.2) is 4.98 Å². The summed E-state index contributed by atoms with van der Waals surface area (Å²) in [5.41, 5.74) is 2.36. The molecule has 0 amide bonds. The molecule has 12 heavy (non-hydrogen) atoms. The molecule has 0 aromatic carbocycles. The average molecular weight is 157 g/mol. The second kappa shape index (κ2) is 2.35. The van der Waals surface area contributed by atoms with Gasteiger partial charge in [-0.25, -0.2) is 0 Å². The largest absolute Gasteiger partial charge is 0.261 e. The fourth-order valence-electron chi connectivity index (χ4n) is 1.61. The maximum Gasteiger partial charge on any atom is 0.0579 e. The molecule has 1 aromatic heterocycles. The highest BCUT2D eigenvalue weighted by Crippen LogP contribution is 2.48. The molecule has 0 atom stereocenters. The van der Waals surface area contributed by atoms with Gasteiger partial charge in [0.1, 0.15) is 0 Å². The van der Waals surface area contributed by atoms with Gasteiger partial charge < -0.3 is 0 Å². The summed E-state index contributed by atoms with van der Waals surface area (Å²) in [5, 5.41) is 0. The van der Waals surface area contributed by atoms with E-state index in [1.165, 1.54) is 5.56 Å². The lowest BCUT2D eigenvalue weighted by atomic mass is 9.96. The van der Waals surface area contributed by atoms with E-state index in [0.29, 0.717) is 0 Å². The van der Waals surface area contributed by atoms with Gasteiger partial charge in [-0.15, -0.1) is 6.42 Å². The van der Waals surface area contributed by atoms with Gasteiger partial charge in [0.25, 0.3) is 0 Å². The van der Waals surface area contributed by atoms with Crippen LogP contribution in [0.3, 0.4) is 0 Å². The Morgan fingerprint density at radius 3 is 2.83 bits per heavy atom. The van der Waals surface area contributed by atoms with Crippen LogP contribution >= 0.6 is 0 Å². The van der Waals surface area contributed by atoms with Crippen molar-refractivity contribution in [3.05, 3.63) is 29.6 Å². The van der Waals surface area contributed by atoms with Crippen LogP contribution in [0.15, 0.2) is 18.3 Å². The van der Waals surface area contributed by atoms with Crippen LogP contribution in [0.5, 0.6) is 0 Å². The zero-order valence-electron chi connectivity index (χ0n) is 7.17. The van der Waals surface area contributed by atoms with E-state index in [1.54, 1.807) is 0 Å². The van der Waals surface area contributed by atoms with Gasteiger partial charge in [-0.1, -0.05) is 12.0 Å². The quantitative estimate of drug-likeness (QED) is 0.568. The number of rotatable bonds is 1. The Labute approximate surface area is 72.8 Å². The molecule has 0 saturated heterocycles. The summed E-state index contributed by atoms with van der Waals surface area (Å²) >= 11 is 0. The van der Waals surface area contributed by atoms with Crippen molar-refractivity contribution in [1.82, 2.24) is 4.98 Å². The Balaban J connectivity index is 2.48. The van der Waals surface area contributed by atoms with Crippen molar-refractivity contribution in [2.75, 3.05) is 0 Å². The van der Waals surface area contributed by atoms with Crippen LogP contribution in [-0.2, 0) is 5.41 Å². The van der Waals surface area contributed by atoms with E-state index >= 15 is 0 Å². The van der Waals surface area contributed by atoms with Gasteiger partial charge in [0.05, 0.1) is 5.41 Å². The number of terminal acetylenes is 1. The van der Waals surface area contributed by atoms with Crippen molar-refractivity contribution in [2.24, 2.45) is 0 Å². The highest BCUT2D eigenvalue weighted by atomic mass is 14.7. The lowest BCUT2D eigenvalue weighted by Gasteiger charge is -2.09. The maximum atomic E-state index is 5.49. The molecule has 1 aliphatic rings. The number of pyridine rings is 1. The van der Waals surface area contributed by atoms with Crippen molar-refractivity contribution < 1.29 is 0 Å². The van der Waals surface area contributed by atoms with Gasteiger partial charge >= 0.3 is 0 Å². The maximum absolute atomic E-state index is 5.49. The normalized spacial score (nSPS) is 18.3. The third kappa shape index (κ3) is 0.921. The Bertz CT molecular complexity index is 342. The highest BCUT2D eigenvalue weighted by Gasteiger charge is 2.43. The number of hydrogen-bond donors (Lipinski definition) is 0. The molecule has 60 valence electrons. The smallest absolute Gasteiger partial charge is 0.0579 e. The number of aromatic nitrogens is 1. The lowest BCUT2D eigenvalue weighted by molar-refractivity contribution is 0.895. The molecular formula is C11H11N. The van der Waals surface area contributed by atoms with Crippen LogP contribution in [0, 0.1) is 19.3 Å². The molecule has 1 aromatic rings. The van der Waals surface area contributed by atoms with Gasteiger partial charge in [0.2, 0.25) is 0 Å². The molecule has 2 rings (SSSR count). The zero-order valence-corrected chi connectivity index (χ0v) is 7.17. The lowest BCUT2D eigenvalue weighted by Crippen LogP contribution is -2.05. The molecule has 1 saturated carbocycles. The predicted octanol–water partition coefficient (Wildman–Crippen LogP) is 2.05. The Morgan fingerprint density at radius 1 is 1.58 bits per heavy atom. The van der Waals surface area contributed by atoms with E-state index in [2.05, 4.69) is 17.0 Å². The Morgan fingerprint density at radius 2 is 2.33 bits per heavy atom. The summed E-state index contributed by atoms with van der Waals surface area (Å²) in [6.45, 7) is 2.02. The summed E-state index contributed by atoms with van der Waals surface area (Å²) in [7, 11) is 0. The predicted molar refractivity (Wildman–Crippen MR) is 48.7 cm³/mol. The van der Waals surface area contributed by atoms with Crippen LogP contribution < -0.4 is 0 Å². The van der Waals surface area contributed by atoms with E-state index in [0.717, 1.165) is 18.5 Å². The van der Waals surface area contributed by atoms with Gasteiger partial charge in [0.15, 0.2) is 0 Å². The van der Waals surface area contributed by atoms with Crippen molar-refractivity contribution >= 4 is 0 Å². The SMILES string of the molecule is C#CC1(c2cccnc2C)CC1. The molecule has 0 spiro atoms. The molecule has 0 radical (unpaired) electrons. The molecule has 0 aliphatic heterocycles. The minimum Gasteiger partial charge on any atom is -0.261 e. The van der Waals surface area contributed by atoms with Gasteiger partial charge in [0, 0.05) is 11.9 Å². The van der Waals surface area contributed by atoms with Crippen LogP contribution in [0.1, 0.15) is 24.1 Å². The van der Waals surface area contributed by atoms with Crippen molar-refractivity contribution in [3.8, 4) is 12.3 Å². The molecule has 1 heterocycles. The van der Waals surface area contributed by atoms with Crippen molar-refractivity contribution in [2.45, 2.75) is 25.2 Å². The number of hydrogen-bond acceptors (Lipinski definition) is 1. The fourth-order valence-corrected chi connectivity index (χ4v) is 1.61. The summed E-state index contributed by atoms with van der Waals surface area (Å²) in [6, 6.07) is 4.05. The third-order valence-electron chi connectivity index (χ3n) is 2.55. The molecule has 0 N–H and O–H groups in total. The topological polar surface area (TPSA) is 12.9 Å². The first kappa shape index (κ1) is 7.36. The average Bonchev–Trinajstić information content (AvgIpc) is 2.86. The molecule has 0 bridgehead atoms. The van der Waals surface area contributed by atoms with Gasteiger partial charge in [-0.3, -0.25) is 4.98 Å². The summed E-state index contributed by atoms with van der Waals surface area (Å²) in [4.78, 5) is 4.24. The van der Waals surface area contributed by atoms with E-state index < -0.39 is 0 Å². The third-order valence-corrected chi connectivity index (χ3v) is 2.55. The first-order chi connectivity index (χ1) is 5.78. The Kier molecular flexibility index (Phi) is 1.44. The first-order valence-corrected chi connectivity index (χ1v) is 4.18. The zero-order chi connectivity index (χ0) is 8.60. The van der Waals surface area contributed by atoms with Crippen LogP contribution in [0.25, 0.3) is 0 Å². The second-order valence-electron chi connectivity index (χ2n) is 3.36. The first-order valence-electron chi connectivity index (χ1n) is 4.18. The Hall–Kier alpha value is -1.29.